The number of ether oxygens (including phenoxy) is 1. The van der Waals surface area contributed by atoms with E-state index in [2.05, 4.69) is 42.1 Å². The number of benzene rings is 1. The number of phenols is 1. The molecule has 0 saturated heterocycles. The van der Waals surface area contributed by atoms with E-state index in [-0.39, 0.29) is 5.75 Å². The van der Waals surface area contributed by atoms with E-state index in [0.717, 1.165) is 27.1 Å². The van der Waals surface area contributed by atoms with E-state index in [0.29, 0.717) is 23.6 Å². The Morgan fingerprint density at radius 2 is 1.97 bits per heavy atom. The molecule has 3 aromatic rings. The molecule has 7 heteroatoms. The van der Waals surface area contributed by atoms with Crippen molar-refractivity contribution < 1.29 is 14.6 Å². The van der Waals surface area contributed by atoms with E-state index in [1.165, 1.54) is 6.92 Å². The third-order valence-electron chi connectivity index (χ3n) is 3.99. The minimum absolute atomic E-state index is 0.0618. The first kappa shape index (κ1) is 22.5. The first-order chi connectivity index (χ1) is 13.9. The predicted molar refractivity (Wildman–Crippen MR) is 119 cm³/mol. The number of fused-ring (bicyclic) bond motifs is 1. The molecule has 0 amide bonds. The van der Waals surface area contributed by atoms with Crippen LogP contribution in [0, 0.1) is 0 Å². The minimum Gasteiger partial charge on any atom is -0.504 e. The van der Waals surface area contributed by atoms with Crippen LogP contribution in [0.2, 0.25) is 0 Å². The smallest absolute Gasteiger partial charge is 0.219 e. The highest BCUT2D eigenvalue weighted by molar-refractivity contribution is 7.18. The molecule has 0 bridgehead atoms. The van der Waals surface area contributed by atoms with E-state index in [9.17, 15) is 5.11 Å². The van der Waals surface area contributed by atoms with Crippen LogP contribution >= 0.6 is 11.3 Å². The number of pyridine rings is 1. The molecule has 0 aliphatic carbocycles. The molecule has 29 heavy (non-hydrogen) atoms. The highest BCUT2D eigenvalue weighted by Crippen LogP contribution is 2.37. The molecule has 2 aromatic heterocycles. The number of aldehydes is 1. The number of nitrogens with zero attached hydrogens (tertiary/aromatic N) is 2. The molecule has 0 spiro atoms. The largest absolute Gasteiger partial charge is 0.504 e. The Morgan fingerprint density at radius 1 is 1.24 bits per heavy atom. The number of hydrogen-bond donors (Lipinski definition) is 2. The van der Waals surface area contributed by atoms with Gasteiger partial charge in [0.15, 0.2) is 11.5 Å². The van der Waals surface area contributed by atoms with Gasteiger partial charge >= 0.3 is 0 Å². The van der Waals surface area contributed by atoms with Gasteiger partial charge < -0.3 is 20.0 Å². The summed E-state index contributed by atoms with van der Waals surface area (Å²) in [5.41, 5.74) is 1.78. The number of carbonyl (C=O) groups excluding carboxylic acids is 1. The van der Waals surface area contributed by atoms with Crippen molar-refractivity contribution in [1.82, 2.24) is 15.3 Å². The number of hydrogen-bond acceptors (Lipinski definition) is 7. The second-order valence-electron chi connectivity index (χ2n) is 6.70. The van der Waals surface area contributed by atoms with Gasteiger partial charge in [0, 0.05) is 36.4 Å². The Hall–Kier alpha value is -2.77. The lowest BCUT2D eigenvalue weighted by Gasteiger charge is -2.07. The van der Waals surface area contributed by atoms with Gasteiger partial charge in [0.05, 0.1) is 15.2 Å². The summed E-state index contributed by atoms with van der Waals surface area (Å²) in [5.74, 6) is 1.24. The lowest BCUT2D eigenvalue weighted by atomic mass is 10.2. The fourth-order valence-corrected chi connectivity index (χ4v) is 3.29. The van der Waals surface area contributed by atoms with Gasteiger partial charge in [-0.2, -0.15) is 0 Å². The summed E-state index contributed by atoms with van der Waals surface area (Å²) in [4.78, 5) is 17.7. The molecule has 1 atom stereocenters. The van der Waals surface area contributed by atoms with E-state index in [1.807, 2.05) is 25.3 Å². The zero-order valence-electron chi connectivity index (χ0n) is 17.3. The molecule has 0 saturated carbocycles. The fraction of sp³-hybridized carbons (Fsp3) is 0.318. The third kappa shape index (κ3) is 6.37. The summed E-state index contributed by atoms with van der Waals surface area (Å²) in [5, 5.41) is 14.4. The summed E-state index contributed by atoms with van der Waals surface area (Å²) in [6, 6.07) is 7.48. The van der Waals surface area contributed by atoms with Crippen molar-refractivity contribution >= 4 is 33.9 Å². The summed E-state index contributed by atoms with van der Waals surface area (Å²) in [6.45, 7) is 7.73. The molecule has 2 N–H and O–H groups in total. The first-order valence-corrected chi connectivity index (χ1v) is 10.2. The molecular weight excluding hydrogens is 386 g/mol. The first-order valence-electron chi connectivity index (χ1n) is 9.40. The second-order valence-corrected chi connectivity index (χ2v) is 7.76. The van der Waals surface area contributed by atoms with Gasteiger partial charge in [-0.3, -0.25) is 0 Å². The molecule has 0 radical (unpaired) electrons. The molecule has 3 rings (SSSR count). The molecule has 154 valence electrons. The van der Waals surface area contributed by atoms with E-state index < -0.39 is 0 Å². The van der Waals surface area contributed by atoms with Crippen molar-refractivity contribution in [3.8, 4) is 17.4 Å². The maximum absolute atomic E-state index is 10.2. The van der Waals surface area contributed by atoms with Crippen LogP contribution in [-0.4, -0.2) is 34.5 Å². The Balaban J connectivity index is 0.000000941. The molecule has 0 aliphatic rings. The number of nitrogens with one attached hydrogen (secondary N) is 1. The second kappa shape index (κ2) is 10.7. The van der Waals surface area contributed by atoms with E-state index in [1.54, 1.807) is 29.7 Å². The maximum Gasteiger partial charge on any atom is 0.219 e. The Labute approximate surface area is 175 Å². The van der Waals surface area contributed by atoms with Crippen LogP contribution in [0.4, 0.5) is 0 Å². The van der Waals surface area contributed by atoms with Gasteiger partial charge in [0.2, 0.25) is 5.88 Å². The van der Waals surface area contributed by atoms with Crippen LogP contribution in [0.15, 0.2) is 36.5 Å². The normalized spacial score (nSPS) is 12.1. The van der Waals surface area contributed by atoms with Crippen molar-refractivity contribution in [3.05, 3.63) is 47.1 Å². The molecule has 2 heterocycles. The standard InChI is InChI=1S/C20H23N3O2S.C2H4O/c1-12(2)20-23-15-9-16(24)17(10-18(15)26-20)25-19-8-7-14(11-22-19)6-5-13(3)21-4;1-2-3/h5-13,21,24H,1-4H3;2H,1H3/b6-5+;/t13-;/m0./s1. The minimum atomic E-state index is 0.0618. The summed E-state index contributed by atoms with van der Waals surface area (Å²) in [7, 11) is 1.92. The zero-order valence-corrected chi connectivity index (χ0v) is 18.2. The summed E-state index contributed by atoms with van der Waals surface area (Å²) >= 11 is 1.61. The van der Waals surface area contributed by atoms with Crippen molar-refractivity contribution in [1.29, 1.82) is 0 Å². The lowest BCUT2D eigenvalue weighted by Crippen LogP contribution is -2.17. The quantitative estimate of drug-likeness (QED) is 0.545. The van der Waals surface area contributed by atoms with Crippen molar-refractivity contribution in [2.24, 2.45) is 0 Å². The molecule has 0 fully saturated rings. The number of carbonyl (C=O) groups is 1. The van der Waals surface area contributed by atoms with Gasteiger partial charge in [-0.05, 0) is 32.5 Å². The van der Waals surface area contributed by atoms with Crippen molar-refractivity contribution in [2.75, 3.05) is 7.05 Å². The average Bonchev–Trinajstić information content (AvgIpc) is 3.11. The van der Waals surface area contributed by atoms with Gasteiger partial charge in [-0.1, -0.05) is 26.0 Å². The topological polar surface area (TPSA) is 84.3 Å². The fourth-order valence-electron chi connectivity index (χ4n) is 2.31. The number of rotatable bonds is 6. The summed E-state index contributed by atoms with van der Waals surface area (Å²) < 4.78 is 6.76. The number of aromatic hydroxyl groups is 1. The Bertz CT molecular complexity index is 965. The van der Waals surface area contributed by atoms with Crippen LogP contribution in [0.1, 0.15) is 44.2 Å². The predicted octanol–water partition coefficient (Wildman–Crippen LogP) is 5.14. The number of phenolic OH excluding ortho intramolecular Hbond substituents is 1. The highest BCUT2D eigenvalue weighted by Gasteiger charge is 2.13. The number of thiazole rings is 1. The average molecular weight is 414 g/mol. The Kier molecular flexibility index (Phi) is 8.30. The van der Waals surface area contributed by atoms with Crippen LogP contribution < -0.4 is 10.1 Å². The van der Waals surface area contributed by atoms with Gasteiger partial charge in [0.1, 0.15) is 6.29 Å². The van der Waals surface area contributed by atoms with Crippen LogP contribution in [-0.2, 0) is 4.79 Å². The number of aromatic nitrogens is 2. The van der Waals surface area contributed by atoms with Crippen LogP contribution in [0.5, 0.6) is 17.4 Å². The van der Waals surface area contributed by atoms with Crippen LogP contribution in [0.25, 0.3) is 16.3 Å². The molecule has 1 aromatic carbocycles. The third-order valence-corrected chi connectivity index (χ3v) is 5.30. The highest BCUT2D eigenvalue weighted by atomic mass is 32.1. The van der Waals surface area contributed by atoms with Crippen LogP contribution in [0.3, 0.4) is 0 Å². The monoisotopic (exact) mass is 413 g/mol. The van der Waals surface area contributed by atoms with Gasteiger partial charge in [-0.25, -0.2) is 9.97 Å². The molecule has 6 nitrogen and oxygen atoms in total. The summed E-state index contributed by atoms with van der Waals surface area (Å²) in [6.07, 6.45) is 6.56. The van der Waals surface area contributed by atoms with Gasteiger partial charge in [0.25, 0.3) is 0 Å². The molecular formula is C22H27N3O3S. The van der Waals surface area contributed by atoms with E-state index >= 15 is 0 Å². The maximum atomic E-state index is 10.2. The zero-order chi connectivity index (χ0) is 21.4. The van der Waals surface area contributed by atoms with Gasteiger partial charge in [-0.15, -0.1) is 11.3 Å². The van der Waals surface area contributed by atoms with Crippen molar-refractivity contribution in [3.63, 3.8) is 0 Å². The molecule has 0 aliphatic heterocycles. The SMILES string of the molecule is CC=O.CN[C@@H](C)/C=C/c1ccc(Oc2cc3sc(C(C)C)nc3cc2O)nc1. The molecule has 0 unspecified atom stereocenters. The number of likely N-dealkylation sites (N-methyl/N-ethyl adjacent to an activating group) is 1. The lowest BCUT2D eigenvalue weighted by molar-refractivity contribution is -0.106. The van der Waals surface area contributed by atoms with E-state index in [4.69, 9.17) is 9.53 Å². The Morgan fingerprint density at radius 3 is 2.55 bits per heavy atom. The van der Waals surface area contributed by atoms with Crippen molar-refractivity contribution in [2.45, 2.75) is 39.7 Å².